The van der Waals surface area contributed by atoms with Crippen LogP contribution in [-0.2, 0) is 16.1 Å². The third kappa shape index (κ3) is 7.76. The fraction of sp³-hybridized carbons (Fsp3) is 0.306. The van der Waals surface area contributed by atoms with E-state index in [1.807, 2.05) is 20.8 Å². The molecule has 12 nitrogen and oxygen atoms in total. The number of esters is 1. The van der Waals surface area contributed by atoms with Crippen LogP contribution in [0, 0.1) is 10.1 Å². The number of carbonyl (C=O) groups is 1. The van der Waals surface area contributed by atoms with Gasteiger partial charge in [-0.2, -0.15) is 0 Å². The van der Waals surface area contributed by atoms with E-state index in [-0.39, 0.29) is 36.1 Å². The molecule has 262 valence electrons. The van der Waals surface area contributed by atoms with Gasteiger partial charge in [-0.15, -0.1) is 0 Å². The molecule has 4 aromatic rings. The van der Waals surface area contributed by atoms with Crippen molar-refractivity contribution in [1.29, 1.82) is 0 Å². The minimum Gasteiger partial charge on any atom is -0.493 e. The van der Waals surface area contributed by atoms with Gasteiger partial charge in [0, 0.05) is 12.1 Å². The van der Waals surface area contributed by atoms with E-state index in [0.29, 0.717) is 60.2 Å². The third-order valence-electron chi connectivity index (χ3n) is 7.54. The van der Waals surface area contributed by atoms with Crippen LogP contribution in [0.1, 0.15) is 57.4 Å². The average molecular weight is 767 g/mol. The number of ether oxygens (including phenoxy) is 5. The first kappa shape index (κ1) is 36.3. The van der Waals surface area contributed by atoms with Crippen molar-refractivity contribution in [3.63, 3.8) is 0 Å². The number of rotatable bonds is 13. The number of nitrogens with zero attached hydrogens (tertiary/aromatic N) is 3. The van der Waals surface area contributed by atoms with Crippen LogP contribution in [-0.4, -0.2) is 41.9 Å². The number of nitro benzene ring substituents is 1. The number of allylic oxidation sites excluding steroid dienone is 1. The summed E-state index contributed by atoms with van der Waals surface area (Å²) in [4.78, 5) is 43.2. The van der Waals surface area contributed by atoms with Gasteiger partial charge < -0.3 is 23.7 Å². The number of hydrogen-bond acceptors (Lipinski definition) is 11. The summed E-state index contributed by atoms with van der Waals surface area (Å²) in [6.45, 7) is 9.77. The van der Waals surface area contributed by atoms with E-state index in [4.69, 9.17) is 23.7 Å². The fourth-order valence-electron chi connectivity index (χ4n) is 5.41. The lowest BCUT2D eigenvalue weighted by Gasteiger charge is -2.25. The zero-order chi connectivity index (χ0) is 36.1. The lowest BCUT2D eigenvalue weighted by atomic mass is 9.95. The van der Waals surface area contributed by atoms with Crippen molar-refractivity contribution in [3.8, 4) is 23.0 Å². The Bertz CT molecular complexity index is 2140. The molecule has 1 aromatic heterocycles. The summed E-state index contributed by atoms with van der Waals surface area (Å²) in [6.07, 6.45) is 1.64. The van der Waals surface area contributed by atoms with Crippen LogP contribution >= 0.6 is 27.3 Å². The molecule has 0 unspecified atom stereocenters. The zero-order valence-electron chi connectivity index (χ0n) is 28.4. The van der Waals surface area contributed by atoms with Gasteiger partial charge in [-0.1, -0.05) is 17.4 Å². The van der Waals surface area contributed by atoms with Gasteiger partial charge in [0.05, 0.1) is 57.7 Å². The molecule has 0 fully saturated rings. The molecule has 0 aliphatic carbocycles. The van der Waals surface area contributed by atoms with Crippen molar-refractivity contribution in [1.82, 2.24) is 4.57 Å². The summed E-state index contributed by atoms with van der Waals surface area (Å²) in [7, 11) is 1.53. The Labute approximate surface area is 300 Å². The van der Waals surface area contributed by atoms with Gasteiger partial charge >= 0.3 is 5.97 Å². The molecule has 0 saturated carbocycles. The largest absolute Gasteiger partial charge is 0.493 e. The van der Waals surface area contributed by atoms with E-state index in [0.717, 1.165) is 5.56 Å². The van der Waals surface area contributed by atoms with Crippen LogP contribution < -0.4 is 33.8 Å². The SMILES string of the molecule is CCOC(=O)C1=C(C)N=c2s/c(=C\c3cc(Br)c(OCc4ccc([N+](=O)[O-])cc4)c(OCC)c3)c(=O)n2[C@@H]1c1ccc(OC(C)C)c(OC)c1. The number of non-ortho nitro benzene ring substituents is 1. The smallest absolute Gasteiger partial charge is 0.338 e. The highest BCUT2D eigenvalue weighted by Gasteiger charge is 2.34. The Morgan fingerprint density at radius 2 is 1.80 bits per heavy atom. The van der Waals surface area contributed by atoms with Crippen molar-refractivity contribution in [2.75, 3.05) is 20.3 Å². The van der Waals surface area contributed by atoms with Gasteiger partial charge in [0.15, 0.2) is 27.8 Å². The molecule has 0 spiro atoms. The number of hydrogen-bond donors (Lipinski definition) is 0. The maximum atomic E-state index is 14.2. The van der Waals surface area contributed by atoms with Crippen molar-refractivity contribution in [3.05, 3.63) is 117 Å². The van der Waals surface area contributed by atoms with E-state index in [9.17, 15) is 19.7 Å². The first-order chi connectivity index (χ1) is 23.9. The Hall–Kier alpha value is -4.95. The van der Waals surface area contributed by atoms with Gasteiger partial charge in [-0.05, 0) is 110 Å². The Balaban J connectivity index is 1.57. The highest BCUT2D eigenvalue weighted by atomic mass is 79.9. The number of halogens is 1. The predicted molar refractivity (Wildman–Crippen MR) is 192 cm³/mol. The number of benzene rings is 3. The number of methoxy groups -OCH3 is 1. The summed E-state index contributed by atoms with van der Waals surface area (Å²) in [6, 6.07) is 14.2. The van der Waals surface area contributed by atoms with Gasteiger partial charge in [-0.3, -0.25) is 19.5 Å². The molecule has 0 N–H and O–H groups in total. The number of thiazole rings is 1. The average Bonchev–Trinajstić information content (AvgIpc) is 3.37. The van der Waals surface area contributed by atoms with Gasteiger partial charge in [-0.25, -0.2) is 9.79 Å². The highest BCUT2D eigenvalue weighted by Crippen LogP contribution is 2.39. The zero-order valence-corrected chi connectivity index (χ0v) is 30.8. The summed E-state index contributed by atoms with van der Waals surface area (Å²) < 4.78 is 31.4. The number of carbonyl (C=O) groups excluding carboxylic acids is 1. The number of fused-ring (bicyclic) bond motifs is 1. The van der Waals surface area contributed by atoms with Gasteiger partial charge in [0.25, 0.3) is 11.2 Å². The van der Waals surface area contributed by atoms with Crippen molar-refractivity contribution >= 4 is 45.0 Å². The molecule has 5 rings (SSSR count). The summed E-state index contributed by atoms with van der Waals surface area (Å²) in [5, 5.41) is 11.0. The summed E-state index contributed by atoms with van der Waals surface area (Å²) in [5.74, 6) is 1.31. The molecule has 0 saturated heterocycles. The van der Waals surface area contributed by atoms with Crippen LogP contribution in [0.3, 0.4) is 0 Å². The standard InChI is InChI=1S/C36H36BrN3O9S/c1-7-46-29-16-23(15-26(37)33(29)48-19-22-9-12-25(13-10-22)40(43)44)17-30-34(41)39-32(24-11-14-27(49-20(3)4)28(18-24)45-6)31(35(42)47-8-2)21(5)38-36(39)50-30/h9-18,20,32H,7-8,19H2,1-6H3/b30-17-/t32-/m1/s1. The normalized spacial score (nSPS) is 14.2. The number of aromatic nitrogens is 1. The van der Waals surface area contributed by atoms with E-state index >= 15 is 0 Å². The molecule has 1 aliphatic heterocycles. The molecule has 1 aliphatic rings. The van der Waals surface area contributed by atoms with E-state index < -0.39 is 16.9 Å². The second-order valence-corrected chi connectivity index (χ2v) is 13.2. The lowest BCUT2D eigenvalue weighted by molar-refractivity contribution is -0.384. The first-order valence-corrected chi connectivity index (χ1v) is 17.4. The van der Waals surface area contributed by atoms with Gasteiger partial charge in [0.2, 0.25) is 0 Å². The summed E-state index contributed by atoms with van der Waals surface area (Å²) >= 11 is 4.79. The first-order valence-electron chi connectivity index (χ1n) is 15.8. The quantitative estimate of drug-likeness (QED) is 0.0879. The minimum absolute atomic E-state index is 0.00737. The lowest BCUT2D eigenvalue weighted by Crippen LogP contribution is -2.40. The van der Waals surface area contributed by atoms with E-state index in [1.54, 1.807) is 62.4 Å². The number of nitro groups is 1. The minimum atomic E-state index is -0.838. The van der Waals surface area contributed by atoms with Gasteiger partial charge in [0.1, 0.15) is 6.61 Å². The van der Waals surface area contributed by atoms with Crippen LogP contribution in [0.25, 0.3) is 6.08 Å². The van der Waals surface area contributed by atoms with Crippen LogP contribution in [0.2, 0.25) is 0 Å². The molecule has 0 radical (unpaired) electrons. The molecule has 14 heteroatoms. The van der Waals surface area contributed by atoms with E-state index in [1.165, 1.54) is 35.1 Å². The maximum Gasteiger partial charge on any atom is 0.338 e. The molecular weight excluding hydrogens is 730 g/mol. The molecule has 50 heavy (non-hydrogen) atoms. The second kappa shape index (κ2) is 15.7. The molecule has 1 atom stereocenters. The maximum absolute atomic E-state index is 14.2. The molecule has 0 bridgehead atoms. The van der Waals surface area contributed by atoms with Crippen LogP contribution in [0.15, 0.2) is 80.1 Å². The second-order valence-electron chi connectivity index (χ2n) is 11.4. The predicted octanol–water partition coefficient (Wildman–Crippen LogP) is 6.24. The summed E-state index contributed by atoms with van der Waals surface area (Å²) in [5.41, 5.74) is 2.36. The molecule has 2 heterocycles. The van der Waals surface area contributed by atoms with Crippen molar-refractivity contribution in [2.45, 2.75) is 53.4 Å². The molecule has 0 amide bonds. The monoisotopic (exact) mass is 765 g/mol. The van der Waals surface area contributed by atoms with Crippen molar-refractivity contribution < 1.29 is 33.4 Å². The van der Waals surface area contributed by atoms with E-state index in [2.05, 4.69) is 20.9 Å². The molecular formula is C36H36BrN3O9S. The Kier molecular flexibility index (Phi) is 11.4. The molecule has 3 aromatic carbocycles. The van der Waals surface area contributed by atoms with Crippen molar-refractivity contribution in [2.24, 2.45) is 4.99 Å². The fourth-order valence-corrected chi connectivity index (χ4v) is 7.03. The third-order valence-corrected chi connectivity index (χ3v) is 9.11. The Morgan fingerprint density at radius 1 is 1.06 bits per heavy atom. The Morgan fingerprint density at radius 3 is 2.44 bits per heavy atom. The van der Waals surface area contributed by atoms with Crippen LogP contribution in [0.4, 0.5) is 5.69 Å². The van der Waals surface area contributed by atoms with Crippen LogP contribution in [0.5, 0.6) is 23.0 Å². The topological polar surface area (TPSA) is 141 Å². The highest BCUT2D eigenvalue weighted by molar-refractivity contribution is 9.10.